The van der Waals surface area contributed by atoms with E-state index in [1.54, 1.807) is 7.11 Å². The van der Waals surface area contributed by atoms with Gasteiger partial charge in [0.25, 0.3) is 0 Å². The molecular formula is C28H37N3O6. The first-order valence-electron chi connectivity index (χ1n) is 12.6. The molecule has 0 unspecified atom stereocenters. The maximum Gasteiger partial charge on any atom is 0.414 e. The number of benzene rings is 2. The quantitative estimate of drug-likeness (QED) is 0.590. The van der Waals surface area contributed by atoms with Crippen molar-refractivity contribution in [2.75, 3.05) is 51.3 Å². The number of amides is 1. The third-order valence-electron chi connectivity index (χ3n) is 7.17. The molecule has 0 spiro atoms. The Bertz CT molecular complexity index is 1080. The number of hydrogen-bond acceptors (Lipinski definition) is 6. The summed E-state index contributed by atoms with van der Waals surface area (Å²) in [6.07, 6.45) is 1.92. The first-order valence-corrected chi connectivity index (χ1v) is 12.6. The number of rotatable bonds is 5. The largest absolute Gasteiger partial charge is 0.497 e. The van der Waals surface area contributed by atoms with Crippen LogP contribution in [0.1, 0.15) is 29.5 Å². The Labute approximate surface area is 218 Å². The minimum Gasteiger partial charge on any atom is -0.497 e. The molecule has 2 heterocycles. The van der Waals surface area contributed by atoms with Crippen molar-refractivity contribution in [1.82, 2.24) is 9.80 Å². The topological polar surface area (TPSA) is 111 Å². The van der Waals surface area contributed by atoms with Crippen LogP contribution in [0.2, 0.25) is 0 Å². The predicted molar refractivity (Wildman–Crippen MR) is 141 cm³/mol. The molecule has 9 nitrogen and oxygen atoms in total. The molecule has 0 aromatic heterocycles. The zero-order valence-corrected chi connectivity index (χ0v) is 21.9. The number of likely N-dealkylation sites (tertiary alicyclic amines) is 1. The van der Waals surface area contributed by atoms with Gasteiger partial charge in [0.1, 0.15) is 5.75 Å². The van der Waals surface area contributed by atoms with Crippen molar-refractivity contribution in [3.63, 3.8) is 0 Å². The first-order chi connectivity index (χ1) is 17.7. The minimum atomic E-state index is -1.82. The molecule has 2 saturated heterocycles. The summed E-state index contributed by atoms with van der Waals surface area (Å²) in [4.78, 5) is 38.3. The number of carbonyl (C=O) groups is 3. The van der Waals surface area contributed by atoms with Gasteiger partial charge in [-0.2, -0.15) is 0 Å². The van der Waals surface area contributed by atoms with E-state index in [2.05, 4.69) is 58.9 Å². The highest BCUT2D eigenvalue weighted by molar-refractivity contribution is 6.27. The molecule has 1 amide bonds. The molecule has 37 heavy (non-hydrogen) atoms. The van der Waals surface area contributed by atoms with Crippen LogP contribution in [0.25, 0.3) is 0 Å². The number of piperazine rings is 1. The smallest absolute Gasteiger partial charge is 0.414 e. The summed E-state index contributed by atoms with van der Waals surface area (Å²) >= 11 is 0. The normalized spacial score (nSPS) is 16.5. The molecule has 0 saturated carbocycles. The average molecular weight is 512 g/mol. The standard InChI is InChI=1S/C26H35N3O2.C2H2O4/c1-20-6-4-9-25(21(20)2)28-14-16-29(17-15-28)26(30)23-10-12-27(13-11-23)19-22-7-5-8-24(18-22)31-3;3-1(4)2(5)6/h4-9,18,23H,10-17,19H2,1-3H3;(H,3,4)(H,5,6). The number of hydrogen-bond donors (Lipinski definition) is 2. The number of carboxylic acids is 2. The van der Waals surface area contributed by atoms with Crippen LogP contribution >= 0.6 is 0 Å². The second-order valence-corrected chi connectivity index (χ2v) is 9.54. The number of anilines is 1. The van der Waals surface area contributed by atoms with Gasteiger partial charge in [-0.05, 0) is 74.7 Å². The van der Waals surface area contributed by atoms with E-state index in [9.17, 15) is 4.79 Å². The van der Waals surface area contributed by atoms with E-state index in [1.165, 1.54) is 22.4 Å². The van der Waals surface area contributed by atoms with Gasteiger partial charge in [0.15, 0.2) is 0 Å². The summed E-state index contributed by atoms with van der Waals surface area (Å²) in [5.74, 6) is -2.21. The van der Waals surface area contributed by atoms with Crippen molar-refractivity contribution in [1.29, 1.82) is 0 Å². The van der Waals surface area contributed by atoms with Gasteiger partial charge < -0.3 is 24.7 Å². The zero-order valence-electron chi connectivity index (χ0n) is 21.9. The van der Waals surface area contributed by atoms with Gasteiger partial charge >= 0.3 is 11.9 Å². The van der Waals surface area contributed by atoms with E-state index >= 15 is 0 Å². The minimum absolute atomic E-state index is 0.175. The predicted octanol–water partition coefficient (Wildman–Crippen LogP) is 3.03. The highest BCUT2D eigenvalue weighted by atomic mass is 16.5. The monoisotopic (exact) mass is 511 g/mol. The van der Waals surface area contributed by atoms with Crippen LogP contribution in [0.3, 0.4) is 0 Å². The Hall–Kier alpha value is -3.59. The molecule has 2 aromatic rings. The number of aryl methyl sites for hydroxylation is 1. The Balaban J connectivity index is 0.000000568. The highest BCUT2D eigenvalue weighted by Crippen LogP contribution is 2.26. The maximum absolute atomic E-state index is 13.1. The third kappa shape index (κ3) is 7.69. The molecule has 4 rings (SSSR count). The van der Waals surface area contributed by atoms with Gasteiger partial charge in [-0.25, -0.2) is 9.59 Å². The lowest BCUT2D eigenvalue weighted by Gasteiger charge is -2.40. The van der Waals surface area contributed by atoms with Crippen molar-refractivity contribution < 1.29 is 29.3 Å². The van der Waals surface area contributed by atoms with E-state index in [1.807, 2.05) is 12.1 Å². The van der Waals surface area contributed by atoms with Crippen LogP contribution in [0.5, 0.6) is 5.75 Å². The SMILES string of the molecule is COc1cccc(CN2CCC(C(=O)N3CCN(c4cccc(C)c4C)CC3)CC2)c1.O=C(O)C(=O)O. The van der Waals surface area contributed by atoms with E-state index in [4.69, 9.17) is 24.5 Å². The Morgan fingerprint density at radius 2 is 1.51 bits per heavy atom. The number of carboxylic acid groups (broad SMARTS) is 2. The van der Waals surface area contributed by atoms with Crippen molar-refractivity contribution in [3.05, 3.63) is 59.2 Å². The zero-order chi connectivity index (χ0) is 26.9. The van der Waals surface area contributed by atoms with Crippen molar-refractivity contribution in [3.8, 4) is 5.75 Å². The molecule has 0 aliphatic carbocycles. The molecule has 2 aliphatic rings. The lowest BCUT2D eigenvalue weighted by Crippen LogP contribution is -2.51. The number of nitrogens with zero attached hydrogens (tertiary/aromatic N) is 3. The maximum atomic E-state index is 13.1. The number of methoxy groups -OCH3 is 1. The summed E-state index contributed by atoms with van der Waals surface area (Å²) in [7, 11) is 1.71. The molecule has 9 heteroatoms. The van der Waals surface area contributed by atoms with Crippen molar-refractivity contribution >= 4 is 23.5 Å². The summed E-state index contributed by atoms with van der Waals surface area (Å²) in [5, 5.41) is 14.8. The number of aliphatic carboxylic acids is 2. The summed E-state index contributed by atoms with van der Waals surface area (Å²) in [5.41, 5.74) is 5.27. The second-order valence-electron chi connectivity index (χ2n) is 9.54. The van der Waals surface area contributed by atoms with Gasteiger partial charge in [-0.3, -0.25) is 9.69 Å². The van der Waals surface area contributed by atoms with Crippen LogP contribution in [-0.2, 0) is 20.9 Å². The average Bonchev–Trinajstić information content (AvgIpc) is 2.91. The Morgan fingerprint density at radius 3 is 2.11 bits per heavy atom. The van der Waals surface area contributed by atoms with E-state index in [0.717, 1.165) is 64.4 Å². The molecule has 0 bridgehead atoms. The van der Waals surface area contributed by atoms with Crippen LogP contribution in [0, 0.1) is 19.8 Å². The molecular weight excluding hydrogens is 474 g/mol. The number of ether oxygens (including phenoxy) is 1. The lowest BCUT2D eigenvalue weighted by atomic mass is 9.94. The van der Waals surface area contributed by atoms with Gasteiger partial charge in [-0.1, -0.05) is 24.3 Å². The molecule has 0 radical (unpaired) electrons. The first kappa shape index (κ1) is 28.0. The van der Waals surface area contributed by atoms with E-state index in [0.29, 0.717) is 5.91 Å². The second kappa shape index (κ2) is 13.1. The summed E-state index contributed by atoms with van der Waals surface area (Å²) in [6, 6.07) is 14.8. The number of carbonyl (C=O) groups excluding carboxylic acids is 1. The molecule has 200 valence electrons. The van der Waals surface area contributed by atoms with Crippen LogP contribution in [0.15, 0.2) is 42.5 Å². The highest BCUT2D eigenvalue weighted by Gasteiger charge is 2.30. The van der Waals surface area contributed by atoms with E-state index in [-0.39, 0.29) is 5.92 Å². The van der Waals surface area contributed by atoms with Gasteiger partial charge in [0.2, 0.25) is 5.91 Å². The number of piperidine rings is 1. The lowest BCUT2D eigenvalue weighted by molar-refractivity contribution is -0.159. The van der Waals surface area contributed by atoms with Crippen LogP contribution < -0.4 is 9.64 Å². The van der Waals surface area contributed by atoms with Crippen molar-refractivity contribution in [2.24, 2.45) is 5.92 Å². The van der Waals surface area contributed by atoms with Gasteiger partial charge in [-0.15, -0.1) is 0 Å². The summed E-state index contributed by atoms with van der Waals surface area (Å²) in [6.45, 7) is 10.8. The molecule has 2 aliphatic heterocycles. The van der Waals surface area contributed by atoms with E-state index < -0.39 is 11.9 Å². The molecule has 2 fully saturated rings. The fourth-order valence-corrected chi connectivity index (χ4v) is 4.87. The fourth-order valence-electron chi connectivity index (χ4n) is 4.87. The fraction of sp³-hybridized carbons (Fsp3) is 0.464. The summed E-state index contributed by atoms with van der Waals surface area (Å²) < 4.78 is 5.34. The molecule has 2 aromatic carbocycles. The van der Waals surface area contributed by atoms with Crippen LogP contribution in [-0.4, -0.2) is 84.2 Å². The van der Waals surface area contributed by atoms with Gasteiger partial charge in [0.05, 0.1) is 7.11 Å². The van der Waals surface area contributed by atoms with Crippen molar-refractivity contribution in [2.45, 2.75) is 33.2 Å². The molecule has 2 N–H and O–H groups in total. The molecule has 0 atom stereocenters. The Kier molecular flexibility index (Phi) is 9.91. The van der Waals surface area contributed by atoms with Crippen LogP contribution in [0.4, 0.5) is 5.69 Å². The Morgan fingerprint density at radius 1 is 0.892 bits per heavy atom. The third-order valence-corrected chi connectivity index (χ3v) is 7.17. The van der Waals surface area contributed by atoms with Gasteiger partial charge in [0, 0.05) is 44.3 Å².